The normalized spacial score (nSPS) is 21.3. The van der Waals surface area contributed by atoms with E-state index in [-0.39, 0.29) is 25.3 Å². The van der Waals surface area contributed by atoms with E-state index in [1.807, 2.05) is 0 Å². The molecule has 0 bridgehead atoms. The summed E-state index contributed by atoms with van der Waals surface area (Å²) < 4.78 is 32.2. The number of hydrogen-bond donors (Lipinski definition) is 1. The molecule has 1 fully saturated rings. The monoisotopic (exact) mass is 302 g/mol. The van der Waals surface area contributed by atoms with Crippen LogP contribution < -0.4 is 5.56 Å². The Bertz CT molecular complexity index is 640. The van der Waals surface area contributed by atoms with Crippen molar-refractivity contribution >= 4 is 10.2 Å². The van der Waals surface area contributed by atoms with Crippen molar-refractivity contribution < 1.29 is 13.2 Å². The summed E-state index contributed by atoms with van der Waals surface area (Å²) in [7, 11) is -0.537. The zero-order valence-electron chi connectivity index (χ0n) is 11.7. The molecule has 1 atom stereocenters. The van der Waals surface area contributed by atoms with Crippen LogP contribution in [0.1, 0.15) is 17.6 Å². The molecule has 0 spiro atoms. The minimum atomic E-state index is -3.49. The lowest BCUT2D eigenvalue weighted by Crippen LogP contribution is -2.47. The van der Waals surface area contributed by atoms with E-state index in [0.717, 1.165) is 4.31 Å². The van der Waals surface area contributed by atoms with Gasteiger partial charge in [-0.2, -0.15) is 17.0 Å². The molecule has 9 heteroatoms. The van der Waals surface area contributed by atoms with E-state index in [1.54, 1.807) is 6.92 Å². The summed E-state index contributed by atoms with van der Waals surface area (Å²) in [5, 5.41) is 0. The third-order valence-electron chi connectivity index (χ3n) is 3.01. The first-order chi connectivity index (χ1) is 9.30. The van der Waals surface area contributed by atoms with Gasteiger partial charge in [0.1, 0.15) is 11.9 Å². The summed E-state index contributed by atoms with van der Waals surface area (Å²) in [6, 6.07) is 1.38. The Morgan fingerprint density at radius 2 is 2.20 bits per heavy atom. The molecule has 0 radical (unpaired) electrons. The quantitative estimate of drug-likeness (QED) is 0.793. The number of H-pyrrole nitrogens is 1. The van der Waals surface area contributed by atoms with Gasteiger partial charge in [-0.1, -0.05) is 0 Å². The first-order valence-electron chi connectivity index (χ1n) is 6.18. The maximum atomic E-state index is 12.1. The average Bonchev–Trinajstić information content (AvgIpc) is 2.37. The molecule has 1 aliphatic heterocycles. The van der Waals surface area contributed by atoms with Crippen LogP contribution in [0.3, 0.4) is 0 Å². The molecule has 1 aliphatic rings. The van der Waals surface area contributed by atoms with Gasteiger partial charge >= 0.3 is 0 Å². The van der Waals surface area contributed by atoms with Crippen LogP contribution in [0.25, 0.3) is 0 Å². The molecule has 0 aliphatic carbocycles. The molecule has 2 rings (SSSR count). The zero-order valence-corrected chi connectivity index (χ0v) is 12.5. The highest BCUT2D eigenvalue weighted by molar-refractivity contribution is 7.86. The van der Waals surface area contributed by atoms with Crippen LogP contribution in [-0.2, 0) is 14.9 Å². The lowest BCUT2D eigenvalue weighted by Gasteiger charge is -2.33. The number of ether oxygens (including phenoxy) is 1. The van der Waals surface area contributed by atoms with Crippen LogP contribution >= 0.6 is 0 Å². The van der Waals surface area contributed by atoms with Gasteiger partial charge in [-0.3, -0.25) is 4.79 Å². The Morgan fingerprint density at radius 3 is 2.80 bits per heavy atom. The molecule has 8 nitrogen and oxygen atoms in total. The van der Waals surface area contributed by atoms with Gasteiger partial charge in [0, 0.05) is 38.9 Å². The highest BCUT2D eigenvalue weighted by atomic mass is 32.2. The average molecular weight is 302 g/mol. The van der Waals surface area contributed by atoms with E-state index in [0.29, 0.717) is 11.5 Å². The van der Waals surface area contributed by atoms with Gasteiger partial charge in [0.05, 0.1) is 6.61 Å². The molecule has 1 N–H and O–H groups in total. The van der Waals surface area contributed by atoms with E-state index >= 15 is 0 Å². The number of aromatic nitrogens is 2. The van der Waals surface area contributed by atoms with Crippen molar-refractivity contribution in [3.8, 4) is 0 Å². The van der Waals surface area contributed by atoms with Crippen LogP contribution in [0, 0.1) is 6.92 Å². The van der Waals surface area contributed by atoms with E-state index in [1.165, 1.54) is 24.5 Å². The van der Waals surface area contributed by atoms with E-state index in [9.17, 15) is 13.2 Å². The number of aryl methyl sites for hydroxylation is 1. The summed E-state index contributed by atoms with van der Waals surface area (Å²) in [5.74, 6) is 0.355. The minimum absolute atomic E-state index is 0.132. The second-order valence-corrected chi connectivity index (χ2v) is 6.92. The van der Waals surface area contributed by atoms with Gasteiger partial charge < -0.3 is 9.72 Å². The predicted octanol–water partition coefficient (Wildman–Crippen LogP) is -0.742. The van der Waals surface area contributed by atoms with Gasteiger partial charge in [-0.05, 0) is 6.92 Å². The van der Waals surface area contributed by atoms with Crippen LogP contribution in [-0.4, -0.2) is 60.8 Å². The third-order valence-corrected chi connectivity index (χ3v) is 4.92. The van der Waals surface area contributed by atoms with Crippen molar-refractivity contribution in [2.75, 3.05) is 33.8 Å². The molecule has 112 valence electrons. The lowest BCUT2D eigenvalue weighted by molar-refractivity contribution is -0.00900. The first kappa shape index (κ1) is 15.1. The topological polar surface area (TPSA) is 95.6 Å². The SMILES string of the molecule is Cc1cc(=O)[nH]c([C@H]2CN(S(=O)(=O)N(C)C)CCO2)n1. The summed E-state index contributed by atoms with van der Waals surface area (Å²) in [4.78, 5) is 18.2. The highest BCUT2D eigenvalue weighted by Gasteiger charge is 2.32. The molecule has 1 saturated heterocycles. The molecular weight excluding hydrogens is 284 g/mol. The summed E-state index contributed by atoms with van der Waals surface area (Å²) >= 11 is 0. The first-order valence-corrected chi connectivity index (χ1v) is 7.57. The molecule has 0 aromatic carbocycles. The van der Waals surface area contributed by atoms with Crippen molar-refractivity contribution in [2.45, 2.75) is 13.0 Å². The highest BCUT2D eigenvalue weighted by Crippen LogP contribution is 2.21. The van der Waals surface area contributed by atoms with Crippen molar-refractivity contribution in [1.29, 1.82) is 0 Å². The Labute approximate surface area is 117 Å². The number of nitrogens with zero attached hydrogens (tertiary/aromatic N) is 3. The fourth-order valence-corrected chi connectivity index (χ4v) is 3.08. The number of rotatable bonds is 3. The van der Waals surface area contributed by atoms with Crippen molar-refractivity contribution in [3.63, 3.8) is 0 Å². The molecule has 2 heterocycles. The van der Waals surface area contributed by atoms with Crippen molar-refractivity contribution in [1.82, 2.24) is 18.6 Å². The number of hydrogen-bond acceptors (Lipinski definition) is 5. The van der Waals surface area contributed by atoms with E-state index in [2.05, 4.69) is 9.97 Å². The number of morpholine rings is 1. The second kappa shape index (κ2) is 5.60. The van der Waals surface area contributed by atoms with Gasteiger partial charge in [0.25, 0.3) is 15.8 Å². The van der Waals surface area contributed by atoms with Crippen LogP contribution in [0.4, 0.5) is 0 Å². The molecular formula is C11H18N4O4S. The second-order valence-electron chi connectivity index (χ2n) is 4.78. The third kappa shape index (κ3) is 3.06. The smallest absolute Gasteiger partial charge is 0.281 e. The van der Waals surface area contributed by atoms with Crippen LogP contribution in [0.2, 0.25) is 0 Å². The van der Waals surface area contributed by atoms with Crippen LogP contribution in [0.15, 0.2) is 10.9 Å². The Balaban J connectivity index is 2.25. The summed E-state index contributed by atoms with van der Waals surface area (Å²) in [5.41, 5.74) is 0.295. The maximum absolute atomic E-state index is 12.1. The number of aromatic amines is 1. The molecule has 0 amide bonds. The Hall–Kier alpha value is -1.29. The molecule has 20 heavy (non-hydrogen) atoms. The van der Waals surface area contributed by atoms with Gasteiger partial charge in [-0.15, -0.1) is 0 Å². The van der Waals surface area contributed by atoms with Crippen molar-refractivity contribution in [2.24, 2.45) is 0 Å². The Kier molecular flexibility index (Phi) is 4.23. The van der Waals surface area contributed by atoms with E-state index < -0.39 is 16.3 Å². The molecule has 0 unspecified atom stereocenters. The lowest BCUT2D eigenvalue weighted by atomic mass is 10.3. The minimum Gasteiger partial charge on any atom is -0.368 e. The molecule has 1 aromatic rings. The largest absolute Gasteiger partial charge is 0.368 e. The summed E-state index contributed by atoms with van der Waals surface area (Å²) in [6.45, 7) is 2.38. The Morgan fingerprint density at radius 1 is 1.50 bits per heavy atom. The van der Waals surface area contributed by atoms with Gasteiger partial charge in [-0.25, -0.2) is 4.98 Å². The maximum Gasteiger partial charge on any atom is 0.281 e. The fourth-order valence-electron chi connectivity index (χ4n) is 1.99. The standard InChI is InChI=1S/C11H18N4O4S/c1-8-6-10(16)13-11(12-8)9-7-15(4-5-19-9)20(17,18)14(2)3/h6,9H,4-5,7H2,1-3H3,(H,12,13,16)/t9-/m1/s1. The van der Waals surface area contributed by atoms with Gasteiger partial charge in [0.15, 0.2) is 0 Å². The predicted molar refractivity (Wildman–Crippen MR) is 72.5 cm³/mol. The summed E-state index contributed by atoms with van der Waals surface area (Å²) in [6.07, 6.45) is -0.564. The molecule has 1 aromatic heterocycles. The fraction of sp³-hybridized carbons (Fsp3) is 0.636. The molecule has 0 saturated carbocycles. The van der Waals surface area contributed by atoms with E-state index in [4.69, 9.17) is 4.74 Å². The van der Waals surface area contributed by atoms with Crippen LogP contribution in [0.5, 0.6) is 0 Å². The zero-order chi connectivity index (χ0) is 14.9. The van der Waals surface area contributed by atoms with Crippen molar-refractivity contribution in [3.05, 3.63) is 27.9 Å². The number of nitrogens with one attached hydrogen (secondary N) is 1. The van der Waals surface area contributed by atoms with Gasteiger partial charge in [0.2, 0.25) is 0 Å².